The molecule has 2 aromatic rings. The second-order valence-electron chi connectivity index (χ2n) is 2.52. The van der Waals surface area contributed by atoms with E-state index in [1.165, 1.54) is 6.42 Å². The standard InChI is InChI=1S/C5H5N.C4H4S.C3H8.2C2H6/c1-2-4-6-5-3-1;1-2-4-5-3-1;1-3-2;2*1-2/h1-5H;1-4H;3H2,1-2H3;2*1-2H3. The first-order chi connectivity index (χ1) is 8.91. The SMILES string of the molecule is CC.CC.CCC.c1ccncc1.c1ccsc1. The second-order valence-corrected chi connectivity index (χ2v) is 3.34. The van der Waals surface area contributed by atoms with Gasteiger partial charge >= 0.3 is 0 Å². The topological polar surface area (TPSA) is 12.9 Å². The summed E-state index contributed by atoms with van der Waals surface area (Å²) in [6, 6.07) is 9.75. The first kappa shape index (κ1) is 22.1. The molecule has 2 rings (SSSR count). The molecule has 0 radical (unpaired) electrons. The largest absolute Gasteiger partial charge is 0.265 e. The van der Waals surface area contributed by atoms with Gasteiger partial charge in [-0.3, -0.25) is 4.98 Å². The van der Waals surface area contributed by atoms with Gasteiger partial charge in [0.25, 0.3) is 0 Å². The van der Waals surface area contributed by atoms with E-state index in [0.29, 0.717) is 0 Å². The summed E-state index contributed by atoms with van der Waals surface area (Å²) in [4.78, 5) is 3.78. The number of hydrogen-bond donors (Lipinski definition) is 0. The molecule has 0 aliphatic heterocycles. The van der Waals surface area contributed by atoms with Gasteiger partial charge in [-0.15, -0.1) is 0 Å². The first-order valence-electron chi connectivity index (χ1n) is 6.74. The molecule has 0 aromatic carbocycles. The molecule has 2 heteroatoms. The van der Waals surface area contributed by atoms with Gasteiger partial charge in [0.1, 0.15) is 0 Å². The van der Waals surface area contributed by atoms with Crippen LogP contribution in [-0.2, 0) is 0 Å². The summed E-state index contributed by atoms with van der Waals surface area (Å²) < 4.78 is 0. The third-order valence-electron chi connectivity index (χ3n) is 0.992. The molecule has 0 aliphatic carbocycles. The molecule has 1 nitrogen and oxygen atoms in total. The van der Waals surface area contributed by atoms with Gasteiger partial charge in [0.05, 0.1) is 0 Å². The molecule has 0 spiro atoms. The van der Waals surface area contributed by atoms with Crippen LogP contribution in [0.25, 0.3) is 0 Å². The van der Waals surface area contributed by atoms with E-state index in [0.717, 1.165) is 0 Å². The van der Waals surface area contributed by atoms with Gasteiger partial charge < -0.3 is 0 Å². The summed E-state index contributed by atoms with van der Waals surface area (Å²) in [5, 5.41) is 4.08. The van der Waals surface area contributed by atoms with Gasteiger partial charge in [-0.2, -0.15) is 11.3 Å². The van der Waals surface area contributed by atoms with Crippen LogP contribution in [0.3, 0.4) is 0 Å². The minimum absolute atomic E-state index is 1.25. The number of thiophene rings is 1. The van der Waals surface area contributed by atoms with Crippen LogP contribution in [-0.4, -0.2) is 4.98 Å². The molecule has 0 saturated heterocycles. The molecule has 0 aliphatic rings. The molecule has 0 unspecified atom stereocenters. The minimum Gasteiger partial charge on any atom is -0.265 e. The van der Waals surface area contributed by atoms with Crippen LogP contribution in [0, 0.1) is 0 Å². The number of aromatic nitrogens is 1. The molecule has 0 atom stereocenters. The maximum absolute atomic E-state index is 3.78. The maximum Gasteiger partial charge on any atom is 0.0267 e. The predicted octanol–water partition coefficient (Wildman–Crippen LogP) is 6.30. The lowest BCUT2D eigenvalue weighted by molar-refractivity contribution is 1.09. The van der Waals surface area contributed by atoms with Gasteiger partial charge in [-0.1, -0.05) is 66.2 Å². The van der Waals surface area contributed by atoms with Crippen LogP contribution in [0.5, 0.6) is 0 Å². The number of nitrogens with zero attached hydrogens (tertiary/aromatic N) is 1. The number of hydrogen-bond acceptors (Lipinski definition) is 2. The Morgan fingerprint density at radius 2 is 1.11 bits per heavy atom. The molecule has 2 aromatic heterocycles. The van der Waals surface area contributed by atoms with E-state index in [9.17, 15) is 0 Å². The molecular formula is C16H29NS. The highest BCUT2D eigenvalue weighted by Crippen LogP contribution is 1.91. The van der Waals surface area contributed by atoms with Crippen LogP contribution < -0.4 is 0 Å². The summed E-state index contributed by atoms with van der Waals surface area (Å²) in [6.45, 7) is 12.2. The van der Waals surface area contributed by atoms with Gasteiger partial charge in [0.15, 0.2) is 0 Å². The zero-order valence-corrected chi connectivity index (χ0v) is 13.6. The Hall–Kier alpha value is -1.15. The molecule has 0 fully saturated rings. The average molecular weight is 267 g/mol. The van der Waals surface area contributed by atoms with Crippen molar-refractivity contribution in [3.05, 3.63) is 53.5 Å². The normalized spacial score (nSPS) is 6.56. The fourth-order valence-corrected chi connectivity index (χ4v) is 0.993. The summed E-state index contributed by atoms with van der Waals surface area (Å²) in [6.07, 6.45) is 4.75. The van der Waals surface area contributed by atoms with Crippen molar-refractivity contribution in [2.75, 3.05) is 0 Å². The van der Waals surface area contributed by atoms with Gasteiger partial charge in [0.2, 0.25) is 0 Å². The lowest BCUT2D eigenvalue weighted by atomic mass is 10.5. The van der Waals surface area contributed by atoms with Crippen molar-refractivity contribution in [2.45, 2.75) is 48.0 Å². The van der Waals surface area contributed by atoms with Crippen LogP contribution in [0.4, 0.5) is 0 Å². The zero-order chi connectivity index (χ0) is 14.5. The van der Waals surface area contributed by atoms with Gasteiger partial charge in [-0.25, -0.2) is 0 Å². The van der Waals surface area contributed by atoms with E-state index in [2.05, 4.69) is 18.8 Å². The number of pyridine rings is 1. The van der Waals surface area contributed by atoms with Crippen LogP contribution >= 0.6 is 11.3 Å². The summed E-state index contributed by atoms with van der Waals surface area (Å²) in [7, 11) is 0. The van der Waals surface area contributed by atoms with Crippen molar-refractivity contribution in [2.24, 2.45) is 0 Å². The van der Waals surface area contributed by atoms with E-state index in [-0.39, 0.29) is 0 Å². The Morgan fingerprint density at radius 3 is 1.22 bits per heavy atom. The summed E-state index contributed by atoms with van der Waals surface area (Å²) in [5.41, 5.74) is 0. The Kier molecular flexibility index (Phi) is 36.4. The van der Waals surface area contributed by atoms with Gasteiger partial charge in [0, 0.05) is 12.4 Å². The highest BCUT2D eigenvalue weighted by atomic mass is 32.1. The van der Waals surface area contributed by atoms with E-state index >= 15 is 0 Å². The Balaban J connectivity index is -0.000000171. The lowest BCUT2D eigenvalue weighted by Crippen LogP contribution is -1.58. The average Bonchev–Trinajstić information content (AvgIpc) is 3.05. The molecule has 0 N–H and O–H groups in total. The minimum atomic E-state index is 1.25. The molecule has 18 heavy (non-hydrogen) atoms. The lowest BCUT2D eigenvalue weighted by Gasteiger charge is -1.70. The van der Waals surface area contributed by atoms with Crippen LogP contribution in [0.2, 0.25) is 0 Å². The van der Waals surface area contributed by atoms with E-state index < -0.39 is 0 Å². The smallest absolute Gasteiger partial charge is 0.0267 e. The van der Waals surface area contributed by atoms with Crippen LogP contribution in [0.1, 0.15) is 48.0 Å². The van der Waals surface area contributed by atoms with E-state index in [1.54, 1.807) is 23.7 Å². The second kappa shape index (κ2) is 29.7. The highest BCUT2D eigenvalue weighted by molar-refractivity contribution is 7.07. The van der Waals surface area contributed by atoms with Crippen LogP contribution in [0.15, 0.2) is 53.5 Å². The summed E-state index contributed by atoms with van der Waals surface area (Å²) in [5.74, 6) is 0. The first-order valence-corrected chi connectivity index (χ1v) is 7.68. The van der Waals surface area contributed by atoms with Crippen molar-refractivity contribution in [3.63, 3.8) is 0 Å². The molecule has 0 bridgehead atoms. The zero-order valence-electron chi connectivity index (χ0n) is 12.8. The van der Waals surface area contributed by atoms with Crippen molar-refractivity contribution < 1.29 is 0 Å². The molecular weight excluding hydrogens is 238 g/mol. The van der Waals surface area contributed by atoms with Gasteiger partial charge in [-0.05, 0) is 22.9 Å². The molecule has 0 saturated carbocycles. The molecule has 104 valence electrons. The Morgan fingerprint density at radius 1 is 0.722 bits per heavy atom. The molecule has 0 amide bonds. The Labute approximate surface area is 118 Å². The van der Waals surface area contributed by atoms with Crippen molar-refractivity contribution in [1.82, 2.24) is 4.98 Å². The monoisotopic (exact) mass is 267 g/mol. The fraction of sp³-hybridized carbons (Fsp3) is 0.438. The van der Waals surface area contributed by atoms with E-state index in [4.69, 9.17) is 0 Å². The van der Waals surface area contributed by atoms with E-state index in [1.807, 2.05) is 68.8 Å². The quantitative estimate of drug-likeness (QED) is 0.546. The Bertz CT molecular complexity index is 210. The molecule has 2 heterocycles. The predicted molar refractivity (Wildman–Crippen MR) is 87.2 cm³/mol. The summed E-state index contributed by atoms with van der Waals surface area (Å²) >= 11 is 1.71. The number of rotatable bonds is 0. The van der Waals surface area contributed by atoms with Crippen molar-refractivity contribution in [3.8, 4) is 0 Å². The third-order valence-corrected chi connectivity index (χ3v) is 1.62. The maximum atomic E-state index is 3.78. The highest BCUT2D eigenvalue weighted by Gasteiger charge is 1.59. The third kappa shape index (κ3) is 29.4. The van der Waals surface area contributed by atoms with Crippen molar-refractivity contribution in [1.29, 1.82) is 0 Å². The fourth-order valence-electron chi connectivity index (χ4n) is 0.539. The van der Waals surface area contributed by atoms with Crippen molar-refractivity contribution >= 4 is 11.3 Å².